The predicted octanol–water partition coefficient (Wildman–Crippen LogP) is 3.07. The first-order chi connectivity index (χ1) is 10.0. The Bertz CT molecular complexity index is 839. The van der Waals surface area contributed by atoms with E-state index in [0.717, 1.165) is 21.5 Å². The Balaban J connectivity index is 1.89. The van der Waals surface area contributed by atoms with Gasteiger partial charge in [-0.1, -0.05) is 17.7 Å². The second kappa shape index (κ2) is 5.33. The molecule has 108 valence electrons. The number of nitrogen functional groups attached to an aromatic ring is 1. The third-order valence-corrected chi connectivity index (χ3v) is 4.88. The number of H-pyrrole nitrogens is 1. The predicted molar refractivity (Wildman–Crippen MR) is 86.5 cm³/mol. The number of anilines is 1. The van der Waals surface area contributed by atoms with E-state index in [1.807, 2.05) is 50.2 Å². The first-order valence-electron chi connectivity index (χ1n) is 6.72. The van der Waals surface area contributed by atoms with Crippen molar-refractivity contribution in [3.05, 3.63) is 53.3 Å². The lowest BCUT2D eigenvalue weighted by Crippen LogP contribution is -2.00. The highest BCUT2D eigenvalue weighted by Crippen LogP contribution is 2.19. The van der Waals surface area contributed by atoms with Gasteiger partial charge in [-0.15, -0.1) is 0 Å². The number of rotatable bonds is 3. The summed E-state index contributed by atoms with van der Waals surface area (Å²) in [5.74, 6) is 1.09. The highest BCUT2D eigenvalue weighted by Gasteiger charge is 2.11. The van der Waals surface area contributed by atoms with Gasteiger partial charge in [0.15, 0.2) is 0 Å². The molecular formula is C16H17N3OS. The lowest BCUT2D eigenvalue weighted by Gasteiger charge is -2.05. The molecule has 0 aliphatic rings. The van der Waals surface area contributed by atoms with Crippen molar-refractivity contribution in [1.82, 2.24) is 9.97 Å². The van der Waals surface area contributed by atoms with Gasteiger partial charge in [-0.3, -0.25) is 4.21 Å². The molecule has 0 amide bonds. The Labute approximate surface area is 125 Å². The van der Waals surface area contributed by atoms with E-state index in [0.29, 0.717) is 17.3 Å². The van der Waals surface area contributed by atoms with Gasteiger partial charge in [0.25, 0.3) is 0 Å². The number of nitrogens with one attached hydrogen (secondary N) is 1. The molecule has 1 unspecified atom stereocenters. The van der Waals surface area contributed by atoms with E-state index in [2.05, 4.69) is 9.97 Å². The fraction of sp³-hybridized carbons (Fsp3) is 0.188. The molecular weight excluding hydrogens is 282 g/mol. The van der Waals surface area contributed by atoms with Crippen LogP contribution in [0.25, 0.3) is 11.0 Å². The van der Waals surface area contributed by atoms with Crippen molar-refractivity contribution in [2.45, 2.75) is 24.5 Å². The zero-order chi connectivity index (χ0) is 15.0. The minimum absolute atomic E-state index is 0.373. The summed E-state index contributed by atoms with van der Waals surface area (Å²) < 4.78 is 12.5. The molecule has 1 aromatic heterocycles. The van der Waals surface area contributed by atoms with Gasteiger partial charge in [-0.05, 0) is 43.7 Å². The summed E-state index contributed by atoms with van der Waals surface area (Å²) in [6, 6.07) is 11.5. The second-order valence-electron chi connectivity index (χ2n) is 5.22. The van der Waals surface area contributed by atoms with Crippen molar-refractivity contribution < 1.29 is 4.21 Å². The van der Waals surface area contributed by atoms with Crippen LogP contribution in [0, 0.1) is 13.8 Å². The molecule has 3 N–H and O–H groups in total. The SMILES string of the molecule is Cc1ccc(S(=O)Cc2nc3ccc(N)cc3[nH]2)c(C)c1. The average molecular weight is 299 g/mol. The van der Waals surface area contributed by atoms with Crippen LogP contribution in [-0.4, -0.2) is 14.2 Å². The summed E-state index contributed by atoms with van der Waals surface area (Å²) in [4.78, 5) is 8.51. The third-order valence-electron chi connectivity index (χ3n) is 3.40. The highest BCUT2D eigenvalue weighted by atomic mass is 32.2. The Morgan fingerprint density at radius 2 is 2.00 bits per heavy atom. The normalized spacial score (nSPS) is 12.7. The van der Waals surface area contributed by atoms with E-state index in [1.54, 1.807) is 0 Å². The zero-order valence-electron chi connectivity index (χ0n) is 12.0. The smallest absolute Gasteiger partial charge is 0.120 e. The Hall–Kier alpha value is -2.14. The standard InChI is InChI=1S/C16H17N3OS/c1-10-3-6-15(11(2)7-10)21(20)9-16-18-13-5-4-12(17)8-14(13)19-16/h3-8H,9,17H2,1-2H3,(H,18,19). The minimum Gasteiger partial charge on any atom is -0.399 e. The topological polar surface area (TPSA) is 71.8 Å². The summed E-state index contributed by atoms with van der Waals surface area (Å²) in [7, 11) is -1.11. The van der Waals surface area contributed by atoms with Gasteiger partial charge < -0.3 is 10.7 Å². The molecule has 0 spiro atoms. The fourth-order valence-electron chi connectivity index (χ4n) is 2.41. The van der Waals surface area contributed by atoms with E-state index in [9.17, 15) is 4.21 Å². The maximum atomic E-state index is 12.5. The van der Waals surface area contributed by atoms with E-state index in [1.165, 1.54) is 5.56 Å². The summed E-state index contributed by atoms with van der Waals surface area (Å²) in [5.41, 5.74) is 10.4. The first-order valence-corrected chi connectivity index (χ1v) is 8.04. The van der Waals surface area contributed by atoms with Crippen LogP contribution in [0.5, 0.6) is 0 Å². The molecule has 3 aromatic rings. The quantitative estimate of drug-likeness (QED) is 0.730. The number of hydrogen-bond donors (Lipinski definition) is 2. The number of benzene rings is 2. The van der Waals surface area contributed by atoms with E-state index in [-0.39, 0.29) is 0 Å². The van der Waals surface area contributed by atoms with Gasteiger partial charge in [0.2, 0.25) is 0 Å². The van der Waals surface area contributed by atoms with Crippen molar-refractivity contribution in [2.24, 2.45) is 0 Å². The highest BCUT2D eigenvalue weighted by molar-refractivity contribution is 7.84. The molecule has 2 aromatic carbocycles. The molecule has 0 saturated carbocycles. The fourth-order valence-corrected chi connectivity index (χ4v) is 3.58. The molecule has 1 atom stereocenters. The maximum absolute atomic E-state index is 12.5. The molecule has 0 aliphatic carbocycles. The van der Waals surface area contributed by atoms with Crippen LogP contribution in [0.2, 0.25) is 0 Å². The molecule has 0 radical (unpaired) electrons. The van der Waals surface area contributed by atoms with Crippen LogP contribution in [0.15, 0.2) is 41.3 Å². The summed E-state index contributed by atoms with van der Waals surface area (Å²) in [6.07, 6.45) is 0. The Morgan fingerprint density at radius 1 is 1.19 bits per heavy atom. The number of imidazole rings is 1. The second-order valence-corrected chi connectivity index (χ2v) is 6.64. The van der Waals surface area contributed by atoms with E-state index < -0.39 is 10.8 Å². The van der Waals surface area contributed by atoms with Crippen molar-refractivity contribution in [1.29, 1.82) is 0 Å². The van der Waals surface area contributed by atoms with Crippen LogP contribution in [0.4, 0.5) is 5.69 Å². The summed E-state index contributed by atoms with van der Waals surface area (Å²) in [5, 5.41) is 0. The average Bonchev–Trinajstić information content (AvgIpc) is 2.79. The van der Waals surface area contributed by atoms with Crippen LogP contribution < -0.4 is 5.73 Å². The molecule has 4 nitrogen and oxygen atoms in total. The largest absolute Gasteiger partial charge is 0.399 e. The van der Waals surface area contributed by atoms with Crippen molar-refractivity contribution >= 4 is 27.5 Å². The molecule has 21 heavy (non-hydrogen) atoms. The van der Waals surface area contributed by atoms with Crippen molar-refractivity contribution in [3.8, 4) is 0 Å². The van der Waals surface area contributed by atoms with Crippen LogP contribution >= 0.6 is 0 Å². The molecule has 0 fully saturated rings. The number of hydrogen-bond acceptors (Lipinski definition) is 3. The number of aromatic nitrogens is 2. The number of fused-ring (bicyclic) bond motifs is 1. The number of nitrogens with two attached hydrogens (primary N) is 1. The summed E-state index contributed by atoms with van der Waals surface area (Å²) >= 11 is 0. The molecule has 5 heteroatoms. The maximum Gasteiger partial charge on any atom is 0.120 e. The molecule has 0 saturated heterocycles. The Morgan fingerprint density at radius 3 is 2.76 bits per heavy atom. The number of aromatic amines is 1. The van der Waals surface area contributed by atoms with Crippen LogP contribution in [0.1, 0.15) is 17.0 Å². The Kier molecular flexibility index (Phi) is 3.51. The van der Waals surface area contributed by atoms with Crippen LogP contribution in [-0.2, 0) is 16.6 Å². The molecule has 1 heterocycles. The van der Waals surface area contributed by atoms with Gasteiger partial charge in [-0.25, -0.2) is 4.98 Å². The first kappa shape index (κ1) is 13.8. The molecule has 0 bridgehead atoms. The number of aryl methyl sites for hydroxylation is 2. The minimum atomic E-state index is -1.11. The monoisotopic (exact) mass is 299 g/mol. The van der Waals surface area contributed by atoms with Gasteiger partial charge >= 0.3 is 0 Å². The summed E-state index contributed by atoms with van der Waals surface area (Å²) in [6.45, 7) is 4.02. The number of nitrogens with zero attached hydrogens (tertiary/aromatic N) is 1. The van der Waals surface area contributed by atoms with Crippen molar-refractivity contribution in [2.75, 3.05) is 5.73 Å². The zero-order valence-corrected chi connectivity index (χ0v) is 12.8. The van der Waals surface area contributed by atoms with Gasteiger partial charge in [-0.2, -0.15) is 0 Å². The van der Waals surface area contributed by atoms with Gasteiger partial charge in [0.05, 0.1) is 27.6 Å². The third kappa shape index (κ3) is 2.83. The van der Waals surface area contributed by atoms with Gasteiger partial charge in [0.1, 0.15) is 5.82 Å². The van der Waals surface area contributed by atoms with E-state index in [4.69, 9.17) is 5.73 Å². The molecule has 0 aliphatic heterocycles. The molecule has 3 rings (SSSR count). The van der Waals surface area contributed by atoms with Gasteiger partial charge in [0, 0.05) is 10.6 Å². The van der Waals surface area contributed by atoms with Crippen molar-refractivity contribution in [3.63, 3.8) is 0 Å². The lowest BCUT2D eigenvalue weighted by molar-refractivity contribution is 0.681. The van der Waals surface area contributed by atoms with Crippen LogP contribution in [0.3, 0.4) is 0 Å². The lowest BCUT2D eigenvalue weighted by atomic mass is 10.2. The van der Waals surface area contributed by atoms with E-state index >= 15 is 0 Å².